The van der Waals surface area contributed by atoms with Crippen molar-refractivity contribution < 1.29 is 14.3 Å². The molecule has 1 aromatic heterocycles. The first kappa shape index (κ1) is 19.4. The number of aliphatic hydroxyl groups is 1. The van der Waals surface area contributed by atoms with Crippen molar-refractivity contribution in [2.75, 3.05) is 19.6 Å². The summed E-state index contributed by atoms with van der Waals surface area (Å²) in [5.41, 5.74) is 1.60. The zero-order valence-electron chi connectivity index (χ0n) is 13.9. The molecule has 1 saturated heterocycles. The monoisotopic (exact) mass is 368 g/mol. The van der Waals surface area contributed by atoms with E-state index in [1.54, 1.807) is 10.9 Å². The molecule has 0 spiro atoms. The van der Waals surface area contributed by atoms with E-state index < -0.39 is 6.10 Å². The van der Waals surface area contributed by atoms with E-state index in [4.69, 9.17) is 0 Å². The van der Waals surface area contributed by atoms with Gasteiger partial charge in [-0.15, -0.1) is 12.4 Å². The number of aromatic nitrogens is 2. The second kappa shape index (κ2) is 8.42. The Balaban J connectivity index is 0.00000225. The molecule has 2 heterocycles. The molecule has 0 saturated carbocycles. The van der Waals surface area contributed by atoms with Crippen molar-refractivity contribution in [1.82, 2.24) is 20.4 Å². The summed E-state index contributed by atoms with van der Waals surface area (Å²) in [5, 5.41) is 20.3. The van der Waals surface area contributed by atoms with E-state index in [2.05, 4.69) is 15.7 Å². The van der Waals surface area contributed by atoms with E-state index in [1.807, 2.05) is 13.2 Å². The molecule has 0 aliphatic carbocycles. The Morgan fingerprint density at radius 3 is 2.80 bits per heavy atom. The number of benzene rings is 1. The van der Waals surface area contributed by atoms with Crippen molar-refractivity contribution in [3.05, 3.63) is 53.6 Å². The minimum absolute atomic E-state index is 0. The molecule has 0 radical (unpaired) electrons. The fraction of sp³-hybridized carbons (Fsp3) is 0.412. The molecule has 6 nitrogen and oxygen atoms in total. The van der Waals surface area contributed by atoms with Gasteiger partial charge in [0.15, 0.2) is 0 Å². The van der Waals surface area contributed by atoms with Crippen molar-refractivity contribution in [3.8, 4) is 0 Å². The van der Waals surface area contributed by atoms with Crippen LogP contribution in [0.3, 0.4) is 0 Å². The molecule has 25 heavy (non-hydrogen) atoms. The van der Waals surface area contributed by atoms with Crippen LogP contribution in [-0.4, -0.2) is 40.4 Å². The Bertz CT molecular complexity index is 707. The van der Waals surface area contributed by atoms with E-state index in [1.165, 1.54) is 24.3 Å². The maximum atomic E-state index is 12.9. The predicted octanol–water partition coefficient (Wildman–Crippen LogP) is 1.13. The number of rotatable bonds is 5. The fourth-order valence-corrected chi connectivity index (χ4v) is 3.07. The van der Waals surface area contributed by atoms with Crippen LogP contribution in [0.15, 0.2) is 36.7 Å². The first-order chi connectivity index (χ1) is 11.5. The van der Waals surface area contributed by atoms with Crippen LogP contribution in [0.1, 0.15) is 23.1 Å². The van der Waals surface area contributed by atoms with E-state index in [0.717, 1.165) is 12.1 Å². The molecule has 0 bridgehead atoms. The Labute approximate surface area is 151 Å². The van der Waals surface area contributed by atoms with Crippen LogP contribution in [0.4, 0.5) is 4.39 Å². The molecule has 3 N–H and O–H groups in total. The lowest BCUT2D eigenvalue weighted by atomic mass is 9.90. The second-order valence-electron chi connectivity index (χ2n) is 6.13. The van der Waals surface area contributed by atoms with Crippen molar-refractivity contribution in [3.63, 3.8) is 0 Å². The second-order valence-corrected chi connectivity index (χ2v) is 6.13. The normalized spacial score (nSPS) is 20.8. The van der Waals surface area contributed by atoms with E-state index >= 15 is 0 Å². The number of hydrogen-bond donors (Lipinski definition) is 3. The van der Waals surface area contributed by atoms with Crippen molar-refractivity contribution >= 4 is 18.3 Å². The molecule has 1 aliphatic rings. The van der Waals surface area contributed by atoms with Gasteiger partial charge in [0, 0.05) is 38.8 Å². The smallest absolute Gasteiger partial charge is 0.225 e. The molecule has 8 heteroatoms. The lowest BCUT2D eigenvalue weighted by molar-refractivity contribution is -0.125. The van der Waals surface area contributed by atoms with Crippen molar-refractivity contribution in [2.24, 2.45) is 13.0 Å². The molecule has 3 atom stereocenters. The van der Waals surface area contributed by atoms with Crippen LogP contribution in [-0.2, 0) is 11.8 Å². The summed E-state index contributed by atoms with van der Waals surface area (Å²) in [6, 6.07) is 5.61. The average Bonchev–Trinajstić information content (AvgIpc) is 3.21. The number of halogens is 2. The van der Waals surface area contributed by atoms with Gasteiger partial charge in [0.25, 0.3) is 0 Å². The molecule has 3 rings (SSSR count). The summed E-state index contributed by atoms with van der Waals surface area (Å²) in [5.74, 6) is -0.586. The van der Waals surface area contributed by atoms with E-state index in [9.17, 15) is 14.3 Å². The number of nitrogens with zero attached hydrogens (tertiary/aromatic N) is 2. The van der Waals surface area contributed by atoms with Gasteiger partial charge in [-0.05, 0) is 23.3 Å². The maximum absolute atomic E-state index is 12.9. The molecule has 2 aromatic rings. The van der Waals surface area contributed by atoms with Crippen LogP contribution in [0.25, 0.3) is 0 Å². The van der Waals surface area contributed by atoms with Crippen molar-refractivity contribution in [1.29, 1.82) is 0 Å². The quantitative estimate of drug-likeness (QED) is 0.739. The summed E-state index contributed by atoms with van der Waals surface area (Å²) in [6.45, 7) is 1.42. The number of nitrogens with one attached hydrogen (secondary N) is 2. The van der Waals surface area contributed by atoms with Gasteiger partial charge in [-0.1, -0.05) is 12.1 Å². The number of hydrogen-bond acceptors (Lipinski definition) is 4. The lowest BCUT2D eigenvalue weighted by Gasteiger charge is -2.18. The SMILES string of the molecule is Cl.Cn1cc([C@H]2CNC[C@@H]2C(=O)NCC(O)c2ccc(F)cc2)cn1. The van der Waals surface area contributed by atoms with Gasteiger partial charge in [-0.25, -0.2) is 4.39 Å². The standard InChI is InChI=1S/C17H21FN4O2.ClH/c1-22-10-12(6-21-22)14-7-19-8-15(14)17(24)20-9-16(23)11-2-4-13(18)5-3-11;/h2-6,10,14-16,19,23H,7-9H2,1H3,(H,20,24);1H/t14-,15+,16?;/m1./s1. The van der Waals surface area contributed by atoms with Gasteiger partial charge in [0.1, 0.15) is 5.82 Å². The number of aryl methyl sites for hydroxylation is 1. The summed E-state index contributed by atoms with van der Waals surface area (Å²) < 4.78 is 14.6. The molecule has 136 valence electrons. The third kappa shape index (κ3) is 4.56. The highest BCUT2D eigenvalue weighted by molar-refractivity contribution is 5.85. The zero-order chi connectivity index (χ0) is 17.1. The highest BCUT2D eigenvalue weighted by Gasteiger charge is 2.34. The first-order valence-electron chi connectivity index (χ1n) is 7.95. The van der Waals surface area contributed by atoms with Crippen LogP contribution in [0.2, 0.25) is 0 Å². The summed E-state index contributed by atoms with van der Waals surface area (Å²) in [6.07, 6.45) is 2.84. The maximum Gasteiger partial charge on any atom is 0.225 e. The third-order valence-corrected chi connectivity index (χ3v) is 4.43. The van der Waals surface area contributed by atoms with Crippen LogP contribution in [0.5, 0.6) is 0 Å². The minimum atomic E-state index is -0.860. The van der Waals surface area contributed by atoms with Gasteiger partial charge >= 0.3 is 0 Å². The number of carbonyl (C=O) groups is 1. The Morgan fingerprint density at radius 1 is 1.44 bits per heavy atom. The first-order valence-corrected chi connectivity index (χ1v) is 7.95. The third-order valence-electron chi connectivity index (χ3n) is 4.43. The largest absolute Gasteiger partial charge is 0.387 e. The summed E-state index contributed by atoms with van der Waals surface area (Å²) in [7, 11) is 1.85. The molecule has 1 amide bonds. The zero-order valence-corrected chi connectivity index (χ0v) is 14.7. The van der Waals surface area contributed by atoms with Gasteiger partial charge < -0.3 is 15.7 Å². The fourth-order valence-electron chi connectivity index (χ4n) is 3.07. The Kier molecular flexibility index (Phi) is 6.52. The van der Waals surface area contributed by atoms with Crippen LogP contribution >= 0.6 is 12.4 Å². The summed E-state index contributed by atoms with van der Waals surface area (Å²) in [4.78, 5) is 12.5. The predicted molar refractivity (Wildman–Crippen MR) is 93.9 cm³/mol. The molecule has 1 aromatic carbocycles. The average molecular weight is 369 g/mol. The molecular formula is C17H22ClFN4O2. The van der Waals surface area contributed by atoms with E-state index in [0.29, 0.717) is 12.1 Å². The molecule has 1 unspecified atom stereocenters. The minimum Gasteiger partial charge on any atom is -0.387 e. The molecule has 1 fully saturated rings. The van der Waals surface area contributed by atoms with Gasteiger partial charge in [-0.2, -0.15) is 5.10 Å². The van der Waals surface area contributed by atoms with Gasteiger partial charge in [0.05, 0.1) is 18.2 Å². The number of carbonyl (C=O) groups excluding carboxylic acids is 1. The van der Waals surface area contributed by atoms with Crippen LogP contribution in [0, 0.1) is 11.7 Å². The topological polar surface area (TPSA) is 79.2 Å². The highest BCUT2D eigenvalue weighted by atomic mass is 35.5. The Morgan fingerprint density at radius 2 is 2.16 bits per heavy atom. The molecular weight excluding hydrogens is 347 g/mol. The van der Waals surface area contributed by atoms with E-state index in [-0.39, 0.29) is 42.5 Å². The molecule has 1 aliphatic heterocycles. The van der Waals surface area contributed by atoms with Crippen LogP contribution < -0.4 is 10.6 Å². The number of aliphatic hydroxyl groups excluding tert-OH is 1. The number of amides is 1. The lowest BCUT2D eigenvalue weighted by Crippen LogP contribution is -2.36. The highest BCUT2D eigenvalue weighted by Crippen LogP contribution is 2.28. The summed E-state index contributed by atoms with van der Waals surface area (Å²) >= 11 is 0. The van der Waals surface area contributed by atoms with Gasteiger partial charge in [-0.3, -0.25) is 9.48 Å². The van der Waals surface area contributed by atoms with Crippen molar-refractivity contribution in [2.45, 2.75) is 12.0 Å². The van der Waals surface area contributed by atoms with Gasteiger partial charge in [0.2, 0.25) is 5.91 Å². The Hall–Kier alpha value is -1.96.